The van der Waals surface area contributed by atoms with Gasteiger partial charge in [0.1, 0.15) is 0 Å². The van der Waals surface area contributed by atoms with Crippen molar-refractivity contribution in [3.05, 3.63) is 40.9 Å². The third-order valence-electron chi connectivity index (χ3n) is 5.18. The minimum Gasteiger partial charge on any atom is -0.368 e. The summed E-state index contributed by atoms with van der Waals surface area (Å²) in [6.07, 6.45) is 4.40. The van der Waals surface area contributed by atoms with Gasteiger partial charge in [-0.25, -0.2) is 9.78 Å². The molecule has 4 rings (SSSR count). The van der Waals surface area contributed by atoms with Crippen LogP contribution in [0, 0.1) is 0 Å². The number of fused-ring (bicyclic) bond motifs is 1. The van der Waals surface area contributed by atoms with E-state index in [1.807, 2.05) is 18.2 Å². The summed E-state index contributed by atoms with van der Waals surface area (Å²) in [5, 5.41) is 6.18. The molecular weight excluding hydrogens is 374 g/mol. The lowest BCUT2D eigenvalue weighted by Gasteiger charge is -2.36. The number of thiazole rings is 1. The second-order valence-electron chi connectivity index (χ2n) is 7.11. The second-order valence-corrected chi connectivity index (χ2v) is 8.20. The normalized spacial score (nSPS) is 16.4. The number of aromatic nitrogens is 1. The molecule has 1 saturated heterocycles. The van der Waals surface area contributed by atoms with Crippen LogP contribution in [0.25, 0.3) is 0 Å². The first-order valence-electron chi connectivity index (χ1n) is 9.80. The highest BCUT2D eigenvalue weighted by Gasteiger charge is 2.22. The average molecular weight is 400 g/mol. The van der Waals surface area contributed by atoms with E-state index in [0.717, 1.165) is 38.0 Å². The summed E-state index contributed by atoms with van der Waals surface area (Å²) in [6, 6.07) is 10.0. The Labute approximate surface area is 168 Å². The fourth-order valence-corrected chi connectivity index (χ4v) is 4.71. The van der Waals surface area contributed by atoms with E-state index >= 15 is 0 Å². The first-order valence-corrected chi connectivity index (χ1v) is 10.6. The minimum atomic E-state index is -0.234. The zero-order valence-corrected chi connectivity index (χ0v) is 16.6. The predicted molar refractivity (Wildman–Crippen MR) is 111 cm³/mol. The molecule has 0 atom stereocenters. The molecular formula is C20H25N5O2S. The van der Waals surface area contributed by atoms with Crippen LogP contribution < -0.4 is 15.5 Å². The highest BCUT2D eigenvalue weighted by Crippen LogP contribution is 2.29. The van der Waals surface area contributed by atoms with Gasteiger partial charge in [0.05, 0.1) is 12.2 Å². The number of carbonyl (C=O) groups excluding carboxylic acids is 2. The minimum absolute atomic E-state index is 0.0397. The Hall–Kier alpha value is -2.61. The van der Waals surface area contributed by atoms with Crippen molar-refractivity contribution in [2.24, 2.45) is 0 Å². The number of carbonyl (C=O) groups is 2. The van der Waals surface area contributed by atoms with Gasteiger partial charge in [0, 0.05) is 36.7 Å². The monoisotopic (exact) mass is 399 g/mol. The third-order valence-corrected chi connectivity index (χ3v) is 6.25. The van der Waals surface area contributed by atoms with E-state index in [4.69, 9.17) is 0 Å². The van der Waals surface area contributed by atoms with Gasteiger partial charge in [-0.1, -0.05) is 18.2 Å². The van der Waals surface area contributed by atoms with Gasteiger partial charge in [0.2, 0.25) is 5.91 Å². The molecule has 0 spiro atoms. The number of aryl methyl sites for hydroxylation is 2. The zero-order chi connectivity index (χ0) is 19.3. The predicted octanol–water partition coefficient (Wildman–Crippen LogP) is 2.49. The Morgan fingerprint density at radius 3 is 2.54 bits per heavy atom. The molecule has 1 aromatic heterocycles. The Balaban J connectivity index is 1.21. The van der Waals surface area contributed by atoms with Crippen LogP contribution in [0.1, 0.15) is 23.4 Å². The van der Waals surface area contributed by atoms with Gasteiger partial charge in [-0.05, 0) is 37.8 Å². The van der Waals surface area contributed by atoms with Gasteiger partial charge in [0.25, 0.3) is 0 Å². The van der Waals surface area contributed by atoms with E-state index in [-0.39, 0.29) is 18.5 Å². The fraction of sp³-hybridized carbons (Fsp3) is 0.450. The van der Waals surface area contributed by atoms with Crippen LogP contribution in [0.5, 0.6) is 0 Å². The molecule has 2 aliphatic rings. The molecule has 0 radical (unpaired) electrons. The first-order chi connectivity index (χ1) is 13.7. The SMILES string of the molecule is O=C(CNC(=O)N1CCN(c2ccccc2)CC1)Nc1nc2c(s1)CCCC2. The van der Waals surface area contributed by atoms with Crippen molar-refractivity contribution >= 4 is 34.1 Å². The lowest BCUT2D eigenvalue weighted by atomic mass is 10.0. The van der Waals surface area contributed by atoms with Crippen LogP contribution in [0.2, 0.25) is 0 Å². The van der Waals surface area contributed by atoms with E-state index < -0.39 is 0 Å². The maximum atomic E-state index is 12.4. The van der Waals surface area contributed by atoms with Gasteiger partial charge in [0.15, 0.2) is 5.13 Å². The number of rotatable bonds is 4. The maximum Gasteiger partial charge on any atom is 0.317 e. The number of amides is 3. The summed E-state index contributed by atoms with van der Waals surface area (Å²) < 4.78 is 0. The number of anilines is 2. The number of para-hydroxylation sites is 1. The summed E-state index contributed by atoms with van der Waals surface area (Å²) in [5.41, 5.74) is 2.29. The molecule has 3 amide bonds. The van der Waals surface area contributed by atoms with Gasteiger partial charge < -0.3 is 20.4 Å². The van der Waals surface area contributed by atoms with E-state index in [1.54, 1.807) is 16.2 Å². The lowest BCUT2D eigenvalue weighted by Crippen LogP contribution is -2.52. The average Bonchev–Trinajstić information content (AvgIpc) is 3.15. The summed E-state index contributed by atoms with van der Waals surface area (Å²) in [5.74, 6) is -0.234. The van der Waals surface area contributed by atoms with Crippen molar-refractivity contribution in [2.75, 3.05) is 42.9 Å². The molecule has 0 unspecified atom stereocenters. The number of nitrogens with zero attached hydrogens (tertiary/aromatic N) is 3. The molecule has 1 aliphatic heterocycles. The molecule has 8 heteroatoms. The summed E-state index contributed by atoms with van der Waals surface area (Å²) in [7, 11) is 0. The number of urea groups is 1. The quantitative estimate of drug-likeness (QED) is 0.828. The summed E-state index contributed by atoms with van der Waals surface area (Å²) in [6.45, 7) is 2.81. The number of piperazine rings is 1. The van der Waals surface area contributed by atoms with Crippen LogP contribution in [0.15, 0.2) is 30.3 Å². The number of hydrogen-bond donors (Lipinski definition) is 2. The smallest absolute Gasteiger partial charge is 0.317 e. The molecule has 2 N–H and O–H groups in total. The summed E-state index contributed by atoms with van der Waals surface area (Å²) >= 11 is 1.55. The number of benzene rings is 1. The number of hydrogen-bond acceptors (Lipinski definition) is 5. The van der Waals surface area contributed by atoms with Crippen molar-refractivity contribution < 1.29 is 9.59 Å². The second kappa shape index (κ2) is 8.60. The van der Waals surface area contributed by atoms with Crippen LogP contribution in [-0.4, -0.2) is 54.5 Å². The topological polar surface area (TPSA) is 77.6 Å². The van der Waals surface area contributed by atoms with Crippen molar-refractivity contribution in [3.63, 3.8) is 0 Å². The van der Waals surface area contributed by atoms with Gasteiger partial charge >= 0.3 is 6.03 Å². The molecule has 2 heterocycles. The number of nitrogens with one attached hydrogen (secondary N) is 2. The van der Waals surface area contributed by atoms with Gasteiger partial charge in [-0.3, -0.25) is 4.79 Å². The Kier molecular flexibility index (Phi) is 5.76. The zero-order valence-electron chi connectivity index (χ0n) is 15.8. The van der Waals surface area contributed by atoms with Crippen LogP contribution >= 0.6 is 11.3 Å². The van der Waals surface area contributed by atoms with Crippen molar-refractivity contribution in [1.82, 2.24) is 15.2 Å². The first kappa shape index (κ1) is 18.7. The molecule has 2 aromatic rings. The summed E-state index contributed by atoms with van der Waals surface area (Å²) in [4.78, 5) is 34.3. The molecule has 1 aromatic carbocycles. The maximum absolute atomic E-state index is 12.4. The Morgan fingerprint density at radius 1 is 1.04 bits per heavy atom. The van der Waals surface area contributed by atoms with E-state index in [0.29, 0.717) is 18.2 Å². The van der Waals surface area contributed by atoms with Crippen LogP contribution in [-0.2, 0) is 17.6 Å². The molecule has 0 bridgehead atoms. The Morgan fingerprint density at radius 2 is 1.79 bits per heavy atom. The van der Waals surface area contributed by atoms with E-state index in [1.165, 1.54) is 17.0 Å². The largest absolute Gasteiger partial charge is 0.368 e. The molecule has 148 valence electrons. The fourth-order valence-electron chi connectivity index (χ4n) is 3.64. The molecule has 7 nitrogen and oxygen atoms in total. The Bertz CT molecular complexity index is 807. The van der Waals surface area contributed by atoms with Crippen LogP contribution in [0.4, 0.5) is 15.6 Å². The van der Waals surface area contributed by atoms with E-state index in [2.05, 4.69) is 32.7 Å². The highest BCUT2D eigenvalue weighted by molar-refractivity contribution is 7.15. The van der Waals surface area contributed by atoms with Crippen molar-refractivity contribution in [3.8, 4) is 0 Å². The molecule has 28 heavy (non-hydrogen) atoms. The van der Waals surface area contributed by atoms with Crippen LogP contribution in [0.3, 0.4) is 0 Å². The highest BCUT2D eigenvalue weighted by atomic mass is 32.1. The molecule has 0 saturated carbocycles. The van der Waals surface area contributed by atoms with Gasteiger partial charge in [-0.2, -0.15) is 0 Å². The van der Waals surface area contributed by atoms with Crippen molar-refractivity contribution in [1.29, 1.82) is 0 Å². The van der Waals surface area contributed by atoms with Gasteiger partial charge in [-0.15, -0.1) is 11.3 Å². The lowest BCUT2D eigenvalue weighted by molar-refractivity contribution is -0.115. The standard InChI is InChI=1S/C20H25N5O2S/c26-18(23-19-22-16-8-4-5-9-17(16)28-19)14-21-20(27)25-12-10-24(11-13-25)15-6-2-1-3-7-15/h1-3,6-7H,4-5,8-14H2,(H,21,27)(H,22,23,26). The molecule has 1 aliphatic carbocycles. The molecule has 1 fully saturated rings. The van der Waals surface area contributed by atoms with Crippen molar-refractivity contribution in [2.45, 2.75) is 25.7 Å². The third kappa shape index (κ3) is 4.44. The van der Waals surface area contributed by atoms with E-state index in [9.17, 15) is 9.59 Å².